The first kappa shape index (κ1) is 10.2. The van der Waals surface area contributed by atoms with Crippen LogP contribution in [0.5, 0.6) is 5.75 Å². The molecule has 0 spiro atoms. The number of rotatable bonds is 1. The summed E-state index contributed by atoms with van der Waals surface area (Å²) in [7, 11) is 0. The molecule has 0 fully saturated rings. The molecule has 0 atom stereocenters. The first-order valence-electron chi connectivity index (χ1n) is 5.16. The Hall–Kier alpha value is -2.00. The number of halogens is 1. The summed E-state index contributed by atoms with van der Waals surface area (Å²) in [5.41, 5.74) is 2.62. The van der Waals surface area contributed by atoms with Crippen LogP contribution in [0, 0.1) is 0 Å². The van der Waals surface area contributed by atoms with Gasteiger partial charge < -0.3 is 9.51 Å². The highest BCUT2D eigenvalue weighted by Crippen LogP contribution is 2.22. The Balaban J connectivity index is 2.14. The number of pyridine rings is 1. The van der Waals surface area contributed by atoms with Gasteiger partial charge in [-0.3, -0.25) is 0 Å². The highest BCUT2D eigenvalue weighted by molar-refractivity contribution is 6.30. The molecule has 0 saturated carbocycles. The van der Waals surface area contributed by atoms with Crippen molar-refractivity contribution >= 4 is 17.2 Å². The van der Waals surface area contributed by atoms with Crippen molar-refractivity contribution in [2.45, 2.75) is 0 Å². The maximum atomic E-state index is 9.24. The maximum Gasteiger partial charge on any atom is 0.138 e. The van der Waals surface area contributed by atoms with Gasteiger partial charge >= 0.3 is 0 Å². The summed E-state index contributed by atoms with van der Waals surface area (Å²) >= 11 is 5.91. The van der Waals surface area contributed by atoms with Gasteiger partial charge in [0.15, 0.2) is 0 Å². The Labute approximate surface area is 103 Å². The van der Waals surface area contributed by atoms with Gasteiger partial charge in [-0.1, -0.05) is 11.6 Å². The van der Waals surface area contributed by atoms with Gasteiger partial charge in [0.2, 0.25) is 0 Å². The molecule has 3 rings (SSSR count). The molecule has 2 heterocycles. The van der Waals surface area contributed by atoms with Gasteiger partial charge in [-0.25, -0.2) is 4.98 Å². The lowest BCUT2D eigenvalue weighted by Crippen LogP contribution is -1.79. The third kappa shape index (κ3) is 1.85. The van der Waals surface area contributed by atoms with E-state index < -0.39 is 0 Å². The van der Waals surface area contributed by atoms with Gasteiger partial charge in [-0.15, -0.1) is 0 Å². The lowest BCUT2D eigenvalue weighted by atomic mass is 10.2. The van der Waals surface area contributed by atoms with E-state index in [-0.39, 0.29) is 5.75 Å². The molecule has 3 nitrogen and oxygen atoms in total. The van der Waals surface area contributed by atoms with Gasteiger partial charge in [0, 0.05) is 29.0 Å². The molecular formula is C13H9ClN2O. The van der Waals surface area contributed by atoms with Crippen molar-refractivity contribution in [3.8, 4) is 17.0 Å². The molecule has 0 radical (unpaired) electrons. The molecule has 1 aromatic carbocycles. The minimum atomic E-state index is 0.251. The van der Waals surface area contributed by atoms with E-state index in [9.17, 15) is 5.11 Å². The Morgan fingerprint density at radius 2 is 1.88 bits per heavy atom. The monoisotopic (exact) mass is 244 g/mol. The van der Waals surface area contributed by atoms with E-state index in [1.165, 1.54) is 0 Å². The maximum absolute atomic E-state index is 9.24. The number of fused-ring (bicyclic) bond motifs is 1. The van der Waals surface area contributed by atoms with Crippen LogP contribution in [0.15, 0.2) is 48.8 Å². The van der Waals surface area contributed by atoms with Crippen LogP contribution in [-0.4, -0.2) is 14.5 Å². The van der Waals surface area contributed by atoms with E-state index >= 15 is 0 Å². The van der Waals surface area contributed by atoms with Crippen molar-refractivity contribution in [2.24, 2.45) is 0 Å². The molecular weight excluding hydrogens is 236 g/mol. The quantitative estimate of drug-likeness (QED) is 0.713. The summed E-state index contributed by atoms with van der Waals surface area (Å²) in [6.45, 7) is 0. The van der Waals surface area contributed by atoms with Crippen molar-refractivity contribution < 1.29 is 5.11 Å². The zero-order valence-electron chi connectivity index (χ0n) is 8.84. The van der Waals surface area contributed by atoms with Crippen LogP contribution in [-0.2, 0) is 0 Å². The number of phenols is 1. The van der Waals surface area contributed by atoms with Crippen LogP contribution < -0.4 is 0 Å². The lowest BCUT2D eigenvalue weighted by molar-refractivity contribution is 0.475. The number of nitrogens with zero attached hydrogens (tertiary/aromatic N) is 2. The topological polar surface area (TPSA) is 37.5 Å². The largest absolute Gasteiger partial charge is 0.508 e. The summed E-state index contributed by atoms with van der Waals surface area (Å²) in [4.78, 5) is 4.47. The average molecular weight is 245 g/mol. The SMILES string of the molecule is Oc1ccc(-c2cn3ccc(Cl)cc3n2)cc1. The number of imidazole rings is 1. The molecule has 17 heavy (non-hydrogen) atoms. The van der Waals surface area contributed by atoms with Crippen LogP contribution in [0.2, 0.25) is 5.02 Å². The van der Waals surface area contributed by atoms with Crippen LogP contribution in [0.25, 0.3) is 16.9 Å². The standard InChI is InChI=1S/C13H9ClN2O/c14-10-5-6-16-8-12(15-13(16)7-10)9-1-3-11(17)4-2-9/h1-8,17H. The highest BCUT2D eigenvalue weighted by Gasteiger charge is 2.04. The Morgan fingerprint density at radius 1 is 1.12 bits per heavy atom. The molecule has 0 saturated heterocycles. The third-order valence-corrected chi connectivity index (χ3v) is 2.82. The fourth-order valence-corrected chi connectivity index (χ4v) is 1.88. The zero-order valence-corrected chi connectivity index (χ0v) is 9.59. The predicted octanol–water partition coefficient (Wildman–Crippen LogP) is 3.36. The molecule has 4 heteroatoms. The number of hydrogen-bond acceptors (Lipinski definition) is 2. The molecule has 0 aliphatic rings. The number of hydrogen-bond donors (Lipinski definition) is 1. The first-order valence-corrected chi connectivity index (χ1v) is 5.54. The van der Waals surface area contributed by atoms with Crippen LogP contribution >= 0.6 is 11.6 Å². The van der Waals surface area contributed by atoms with E-state index in [1.54, 1.807) is 12.1 Å². The van der Waals surface area contributed by atoms with Gasteiger partial charge in [0.25, 0.3) is 0 Å². The van der Waals surface area contributed by atoms with Gasteiger partial charge in [0.05, 0.1) is 5.69 Å². The molecule has 0 bridgehead atoms. The third-order valence-electron chi connectivity index (χ3n) is 2.59. The normalized spacial score (nSPS) is 10.9. The number of phenolic OH excluding ortho intramolecular Hbond substituents is 1. The molecule has 0 unspecified atom stereocenters. The van der Waals surface area contributed by atoms with Crippen LogP contribution in [0.4, 0.5) is 0 Å². The molecule has 2 aromatic heterocycles. The fourth-order valence-electron chi connectivity index (χ4n) is 1.73. The first-order chi connectivity index (χ1) is 8.22. The van der Waals surface area contributed by atoms with Gasteiger partial charge in [0.1, 0.15) is 11.4 Å². The predicted molar refractivity (Wildman–Crippen MR) is 67.3 cm³/mol. The van der Waals surface area contributed by atoms with Crippen LogP contribution in [0.1, 0.15) is 0 Å². The second-order valence-corrected chi connectivity index (χ2v) is 4.22. The van der Waals surface area contributed by atoms with E-state index in [0.29, 0.717) is 5.02 Å². The van der Waals surface area contributed by atoms with E-state index in [1.807, 2.05) is 41.1 Å². The summed E-state index contributed by atoms with van der Waals surface area (Å²) in [6, 6.07) is 10.6. The molecule has 0 aliphatic heterocycles. The summed E-state index contributed by atoms with van der Waals surface area (Å²) in [6.07, 6.45) is 3.80. The Morgan fingerprint density at radius 3 is 2.65 bits per heavy atom. The van der Waals surface area contributed by atoms with E-state index in [2.05, 4.69) is 4.98 Å². The molecule has 0 aliphatic carbocycles. The summed E-state index contributed by atoms with van der Waals surface area (Å²) in [5, 5.41) is 9.90. The van der Waals surface area contributed by atoms with E-state index in [4.69, 9.17) is 11.6 Å². The highest BCUT2D eigenvalue weighted by atomic mass is 35.5. The minimum Gasteiger partial charge on any atom is -0.508 e. The number of aromatic hydroxyl groups is 1. The van der Waals surface area contributed by atoms with Crippen molar-refractivity contribution in [2.75, 3.05) is 0 Å². The number of aromatic nitrogens is 2. The van der Waals surface area contributed by atoms with Crippen molar-refractivity contribution in [3.05, 3.63) is 53.8 Å². The molecule has 1 N–H and O–H groups in total. The van der Waals surface area contributed by atoms with Gasteiger partial charge in [-0.05, 0) is 30.3 Å². The minimum absolute atomic E-state index is 0.251. The van der Waals surface area contributed by atoms with Crippen molar-refractivity contribution in [1.82, 2.24) is 9.38 Å². The smallest absolute Gasteiger partial charge is 0.138 e. The van der Waals surface area contributed by atoms with Crippen molar-refractivity contribution in [1.29, 1.82) is 0 Å². The molecule has 0 amide bonds. The van der Waals surface area contributed by atoms with Crippen molar-refractivity contribution in [3.63, 3.8) is 0 Å². The zero-order chi connectivity index (χ0) is 11.8. The molecule has 84 valence electrons. The lowest BCUT2D eigenvalue weighted by Gasteiger charge is -1.95. The second-order valence-electron chi connectivity index (χ2n) is 3.78. The Bertz CT molecular complexity index is 673. The summed E-state index contributed by atoms with van der Waals surface area (Å²) < 4.78 is 1.91. The fraction of sp³-hybridized carbons (Fsp3) is 0. The Kier molecular flexibility index (Phi) is 2.27. The summed E-state index contributed by atoms with van der Waals surface area (Å²) in [5.74, 6) is 0.251. The second kappa shape index (κ2) is 3.79. The number of benzene rings is 1. The molecule has 3 aromatic rings. The van der Waals surface area contributed by atoms with Gasteiger partial charge in [-0.2, -0.15) is 0 Å². The average Bonchev–Trinajstić information content (AvgIpc) is 2.72. The van der Waals surface area contributed by atoms with E-state index in [0.717, 1.165) is 16.9 Å². The van der Waals surface area contributed by atoms with Crippen LogP contribution in [0.3, 0.4) is 0 Å².